The summed E-state index contributed by atoms with van der Waals surface area (Å²) in [4.78, 5) is 53.3. The van der Waals surface area contributed by atoms with E-state index in [1.165, 1.54) is 19.6 Å². The molecule has 8 nitrogen and oxygen atoms in total. The lowest BCUT2D eigenvalue weighted by Gasteiger charge is -2.61. The van der Waals surface area contributed by atoms with Crippen LogP contribution < -0.4 is 0 Å². The van der Waals surface area contributed by atoms with Crippen LogP contribution in [-0.2, 0) is 28.6 Å². The predicted octanol–water partition coefficient (Wildman–Crippen LogP) is 4.29. The van der Waals surface area contributed by atoms with E-state index in [2.05, 4.69) is 0 Å². The van der Waals surface area contributed by atoms with Crippen LogP contribution in [0.4, 0.5) is 0 Å². The van der Waals surface area contributed by atoms with Gasteiger partial charge in [-0.2, -0.15) is 0 Å². The Morgan fingerprint density at radius 2 is 1.81 bits per heavy atom. The molecule has 0 spiro atoms. The van der Waals surface area contributed by atoms with Gasteiger partial charge in [-0.3, -0.25) is 14.4 Å². The zero-order valence-electron chi connectivity index (χ0n) is 20.6. The van der Waals surface area contributed by atoms with Crippen LogP contribution in [0.1, 0.15) is 61.6 Å². The van der Waals surface area contributed by atoms with Crippen molar-refractivity contribution in [3.8, 4) is 0 Å². The Morgan fingerprint density at radius 1 is 1.06 bits per heavy atom. The molecule has 8 heteroatoms. The Bertz CT molecular complexity index is 1170. The van der Waals surface area contributed by atoms with Crippen LogP contribution in [0.3, 0.4) is 0 Å². The third kappa shape index (κ3) is 3.74. The van der Waals surface area contributed by atoms with Crippen molar-refractivity contribution in [3.05, 3.63) is 60.1 Å². The van der Waals surface area contributed by atoms with Crippen molar-refractivity contribution < 1.29 is 37.8 Å². The van der Waals surface area contributed by atoms with Crippen LogP contribution in [0, 0.1) is 28.6 Å². The molecular formula is C28H30O8. The summed E-state index contributed by atoms with van der Waals surface area (Å²) in [7, 11) is 1.32. The second-order valence-electron chi connectivity index (χ2n) is 10.7. The van der Waals surface area contributed by atoms with Crippen molar-refractivity contribution in [2.75, 3.05) is 7.11 Å². The van der Waals surface area contributed by atoms with Crippen molar-refractivity contribution >= 4 is 23.7 Å². The highest BCUT2D eigenvalue weighted by Crippen LogP contribution is 2.65. The van der Waals surface area contributed by atoms with E-state index in [-0.39, 0.29) is 18.2 Å². The van der Waals surface area contributed by atoms with Gasteiger partial charge in [0.1, 0.15) is 6.10 Å². The molecular weight excluding hydrogens is 464 g/mol. The minimum absolute atomic E-state index is 0.0490. The first-order valence-electron chi connectivity index (χ1n) is 12.3. The molecule has 0 bridgehead atoms. The summed E-state index contributed by atoms with van der Waals surface area (Å²) >= 11 is 0. The van der Waals surface area contributed by atoms with E-state index >= 15 is 0 Å². The first-order chi connectivity index (χ1) is 17.2. The van der Waals surface area contributed by atoms with E-state index in [1.54, 1.807) is 36.4 Å². The molecule has 36 heavy (non-hydrogen) atoms. The van der Waals surface area contributed by atoms with Crippen LogP contribution >= 0.6 is 0 Å². The summed E-state index contributed by atoms with van der Waals surface area (Å²) in [6.07, 6.45) is 2.77. The molecule has 1 aliphatic heterocycles. The van der Waals surface area contributed by atoms with E-state index in [4.69, 9.17) is 18.6 Å². The molecule has 5 rings (SSSR count). The fourth-order valence-electron chi connectivity index (χ4n) is 7.03. The molecule has 3 fully saturated rings. The SMILES string of the molecule is COC(=O)C1CC(OC(=O)c2ccccc2)C(=O)C2C1(C)CCC1C(=O)OC(c3ccoc3)CC12C. The van der Waals surface area contributed by atoms with E-state index in [0.717, 1.165) is 5.56 Å². The van der Waals surface area contributed by atoms with Crippen molar-refractivity contribution in [3.63, 3.8) is 0 Å². The molecule has 2 saturated carbocycles. The highest BCUT2D eigenvalue weighted by atomic mass is 16.6. The number of hydrogen-bond acceptors (Lipinski definition) is 8. The fourth-order valence-corrected chi connectivity index (χ4v) is 7.03. The molecule has 1 saturated heterocycles. The van der Waals surface area contributed by atoms with Gasteiger partial charge < -0.3 is 18.6 Å². The van der Waals surface area contributed by atoms with Crippen molar-refractivity contribution in [1.82, 2.24) is 0 Å². The van der Waals surface area contributed by atoms with Gasteiger partial charge in [0.2, 0.25) is 0 Å². The summed E-state index contributed by atoms with van der Waals surface area (Å²) in [5, 5.41) is 0. The number of benzene rings is 1. The number of rotatable bonds is 4. The van der Waals surface area contributed by atoms with Crippen molar-refractivity contribution in [2.24, 2.45) is 28.6 Å². The first kappa shape index (κ1) is 24.3. The van der Waals surface area contributed by atoms with Gasteiger partial charge in [0.05, 0.1) is 37.0 Å². The van der Waals surface area contributed by atoms with E-state index < -0.39 is 52.7 Å². The van der Waals surface area contributed by atoms with Crippen LogP contribution in [0.25, 0.3) is 0 Å². The van der Waals surface area contributed by atoms with Crippen LogP contribution in [0.5, 0.6) is 0 Å². The Labute approximate surface area is 209 Å². The maximum absolute atomic E-state index is 14.1. The Kier molecular flexibility index (Phi) is 6.01. The minimum atomic E-state index is -1.12. The maximum atomic E-state index is 14.1. The molecule has 2 aliphatic carbocycles. The van der Waals surface area contributed by atoms with Gasteiger partial charge in [0.15, 0.2) is 11.9 Å². The molecule has 2 heterocycles. The standard InChI is InChI=1S/C28H30O8/c1-27-11-9-18-26(32)36-21(17-10-12-34-15-17)14-28(18,2)23(27)22(29)20(13-19(27)25(31)33-3)35-24(30)16-7-5-4-6-8-16/h4-8,10,12,15,18-21,23H,9,11,13-14H2,1-3H3. The lowest BCUT2D eigenvalue weighted by Crippen LogP contribution is -2.64. The Morgan fingerprint density at radius 3 is 2.47 bits per heavy atom. The molecule has 0 N–H and O–H groups in total. The molecule has 1 aromatic heterocycles. The van der Waals surface area contributed by atoms with Gasteiger partial charge in [-0.15, -0.1) is 0 Å². The zero-order valence-corrected chi connectivity index (χ0v) is 20.6. The number of fused-ring (bicyclic) bond motifs is 3. The second kappa shape index (κ2) is 8.91. The lowest BCUT2D eigenvalue weighted by atomic mass is 9.43. The molecule has 2 aromatic rings. The van der Waals surface area contributed by atoms with Crippen LogP contribution in [0.15, 0.2) is 53.3 Å². The minimum Gasteiger partial charge on any atom is -0.472 e. The molecule has 7 atom stereocenters. The maximum Gasteiger partial charge on any atom is 0.338 e. The summed E-state index contributed by atoms with van der Waals surface area (Å²) in [5.41, 5.74) is -0.535. The average Bonchev–Trinajstić information content (AvgIpc) is 3.40. The Balaban J connectivity index is 1.54. The molecule has 0 radical (unpaired) electrons. The van der Waals surface area contributed by atoms with Gasteiger partial charge in [-0.25, -0.2) is 4.79 Å². The second-order valence-corrected chi connectivity index (χ2v) is 10.7. The molecule has 3 aliphatic rings. The van der Waals surface area contributed by atoms with Gasteiger partial charge in [-0.05, 0) is 48.3 Å². The van der Waals surface area contributed by atoms with Crippen LogP contribution in [-0.4, -0.2) is 36.9 Å². The highest BCUT2D eigenvalue weighted by molar-refractivity contribution is 5.96. The number of Topliss-reactive ketones (excluding diaryl/α,β-unsaturated/α-hetero) is 1. The average molecular weight is 495 g/mol. The van der Waals surface area contributed by atoms with Crippen molar-refractivity contribution in [2.45, 2.75) is 51.7 Å². The molecule has 190 valence electrons. The number of ether oxygens (including phenoxy) is 3. The smallest absolute Gasteiger partial charge is 0.338 e. The fraction of sp³-hybridized carbons (Fsp3) is 0.500. The Hall–Kier alpha value is -3.42. The number of methoxy groups -OCH3 is 1. The number of ketones is 1. The molecule has 7 unspecified atom stereocenters. The number of hydrogen-bond donors (Lipinski definition) is 0. The number of carbonyl (C=O) groups is 4. The molecule has 0 amide bonds. The third-order valence-electron chi connectivity index (χ3n) is 8.76. The first-order valence-corrected chi connectivity index (χ1v) is 12.3. The number of carbonyl (C=O) groups excluding carboxylic acids is 4. The largest absolute Gasteiger partial charge is 0.472 e. The number of esters is 3. The van der Waals surface area contributed by atoms with E-state index in [0.29, 0.717) is 24.8 Å². The van der Waals surface area contributed by atoms with E-state index in [9.17, 15) is 19.2 Å². The predicted molar refractivity (Wildman–Crippen MR) is 125 cm³/mol. The van der Waals surface area contributed by atoms with Gasteiger partial charge in [0.25, 0.3) is 0 Å². The third-order valence-corrected chi connectivity index (χ3v) is 8.76. The zero-order chi connectivity index (χ0) is 25.7. The van der Waals surface area contributed by atoms with Crippen molar-refractivity contribution in [1.29, 1.82) is 0 Å². The monoisotopic (exact) mass is 494 g/mol. The lowest BCUT2D eigenvalue weighted by molar-refractivity contribution is -0.208. The number of cyclic esters (lactones) is 1. The number of furan rings is 1. The quantitative estimate of drug-likeness (QED) is 0.457. The highest BCUT2D eigenvalue weighted by Gasteiger charge is 2.67. The normalized spacial score (nSPS) is 35.7. The van der Waals surface area contributed by atoms with E-state index in [1.807, 2.05) is 13.8 Å². The summed E-state index contributed by atoms with van der Waals surface area (Å²) in [5.74, 6) is -3.57. The van der Waals surface area contributed by atoms with Gasteiger partial charge >= 0.3 is 17.9 Å². The van der Waals surface area contributed by atoms with Gasteiger partial charge in [-0.1, -0.05) is 32.0 Å². The molecule has 1 aromatic carbocycles. The summed E-state index contributed by atoms with van der Waals surface area (Å²) < 4.78 is 21.9. The summed E-state index contributed by atoms with van der Waals surface area (Å²) in [6, 6.07) is 10.2. The summed E-state index contributed by atoms with van der Waals surface area (Å²) in [6.45, 7) is 3.86. The van der Waals surface area contributed by atoms with Crippen LogP contribution in [0.2, 0.25) is 0 Å². The topological polar surface area (TPSA) is 109 Å². The van der Waals surface area contributed by atoms with Gasteiger partial charge in [0, 0.05) is 17.9 Å².